The van der Waals surface area contributed by atoms with Crippen molar-refractivity contribution >= 4 is 17.5 Å². The van der Waals surface area contributed by atoms with Gasteiger partial charge in [-0.15, -0.1) is 0 Å². The van der Waals surface area contributed by atoms with Crippen molar-refractivity contribution in [1.29, 1.82) is 0 Å². The Labute approximate surface area is 123 Å². The Bertz CT molecular complexity index is 599. The van der Waals surface area contributed by atoms with Gasteiger partial charge in [-0.05, 0) is 29.8 Å². The van der Waals surface area contributed by atoms with Crippen LogP contribution in [0.3, 0.4) is 0 Å². The zero-order valence-electron chi connectivity index (χ0n) is 11.3. The molecule has 2 aromatic rings. The molecule has 0 saturated heterocycles. The lowest BCUT2D eigenvalue weighted by molar-refractivity contribution is 0.0785. The molecule has 0 bridgehead atoms. The summed E-state index contributed by atoms with van der Waals surface area (Å²) in [6.45, 7) is 0.494. The number of rotatable bonds is 4. The molecule has 5 heteroatoms. The summed E-state index contributed by atoms with van der Waals surface area (Å²) < 4.78 is 5.10. The van der Waals surface area contributed by atoms with E-state index in [2.05, 4.69) is 4.98 Å². The van der Waals surface area contributed by atoms with Gasteiger partial charge in [0.25, 0.3) is 5.91 Å². The van der Waals surface area contributed by atoms with E-state index in [-0.39, 0.29) is 11.1 Å². The summed E-state index contributed by atoms with van der Waals surface area (Å²) in [5.41, 5.74) is 1.42. The van der Waals surface area contributed by atoms with E-state index in [0.29, 0.717) is 12.1 Å². The van der Waals surface area contributed by atoms with Crippen molar-refractivity contribution in [3.8, 4) is 5.75 Å². The number of carbonyl (C=O) groups excluding carboxylic acids is 1. The Morgan fingerprint density at radius 2 is 2.00 bits per heavy atom. The molecule has 0 saturated carbocycles. The van der Waals surface area contributed by atoms with Crippen molar-refractivity contribution < 1.29 is 9.53 Å². The number of hydrogen-bond donors (Lipinski definition) is 0. The number of amides is 1. The predicted molar refractivity (Wildman–Crippen MR) is 78.0 cm³/mol. The summed E-state index contributed by atoms with van der Waals surface area (Å²) in [5, 5.41) is 0.221. The lowest BCUT2D eigenvalue weighted by atomic mass is 10.2. The van der Waals surface area contributed by atoms with Gasteiger partial charge in [0.1, 0.15) is 10.9 Å². The molecule has 4 nitrogen and oxygen atoms in total. The number of pyridine rings is 1. The van der Waals surface area contributed by atoms with Crippen LogP contribution in [-0.2, 0) is 6.54 Å². The van der Waals surface area contributed by atoms with Gasteiger partial charge in [0.2, 0.25) is 0 Å². The molecular weight excluding hydrogens is 276 g/mol. The molecule has 20 heavy (non-hydrogen) atoms. The van der Waals surface area contributed by atoms with Gasteiger partial charge in [-0.25, -0.2) is 4.98 Å². The molecule has 104 valence electrons. The summed E-state index contributed by atoms with van der Waals surface area (Å²) in [6.07, 6.45) is 1.56. The zero-order chi connectivity index (χ0) is 14.5. The van der Waals surface area contributed by atoms with Gasteiger partial charge in [-0.1, -0.05) is 23.7 Å². The van der Waals surface area contributed by atoms with Crippen molar-refractivity contribution in [2.24, 2.45) is 0 Å². The summed E-state index contributed by atoms with van der Waals surface area (Å²) in [7, 11) is 3.35. The second kappa shape index (κ2) is 6.39. The number of nitrogens with zero attached hydrogens (tertiary/aromatic N) is 2. The van der Waals surface area contributed by atoms with Gasteiger partial charge in [0.15, 0.2) is 0 Å². The molecule has 1 amide bonds. The van der Waals surface area contributed by atoms with Gasteiger partial charge in [-0.3, -0.25) is 4.79 Å². The maximum atomic E-state index is 12.3. The average Bonchev–Trinajstić information content (AvgIpc) is 2.48. The SMILES string of the molecule is COc1ccc(CN(C)C(=O)c2cccnc2Cl)cc1. The third kappa shape index (κ3) is 3.27. The van der Waals surface area contributed by atoms with E-state index >= 15 is 0 Å². The topological polar surface area (TPSA) is 42.4 Å². The smallest absolute Gasteiger partial charge is 0.257 e. The van der Waals surface area contributed by atoms with Crippen LogP contribution in [-0.4, -0.2) is 29.9 Å². The first-order chi connectivity index (χ1) is 9.61. The van der Waals surface area contributed by atoms with E-state index in [9.17, 15) is 4.79 Å². The molecule has 1 heterocycles. The van der Waals surface area contributed by atoms with Crippen molar-refractivity contribution in [2.75, 3.05) is 14.2 Å². The standard InChI is InChI=1S/C15H15ClN2O2/c1-18(10-11-5-7-12(20-2)8-6-11)15(19)13-4-3-9-17-14(13)16/h3-9H,10H2,1-2H3. The van der Waals surface area contributed by atoms with Gasteiger partial charge >= 0.3 is 0 Å². The highest BCUT2D eigenvalue weighted by atomic mass is 35.5. The highest BCUT2D eigenvalue weighted by Gasteiger charge is 2.15. The molecule has 0 atom stereocenters. The molecular formula is C15H15ClN2O2. The Hall–Kier alpha value is -2.07. The monoisotopic (exact) mass is 290 g/mol. The predicted octanol–water partition coefficient (Wildman–Crippen LogP) is 3.02. The van der Waals surface area contributed by atoms with Crippen LogP contribution in [0.2, 0.25) is 5.15 Å². The highest BCUT2D eigenvalue weighted by molar-refractivity contribution is 6.32. The third-order valence-electron chi connectivity index (χ3n) is 2.91. The lowest BCUT2D eigenvalue weighted by Crippen LogP contribution is -2.26. The molecule has 0 aliphatic heterocycles. The van der Waals surface area contributed by atoms with Crippen molar-refractivity contribution in [3.63, 3.8) is 0 Å². The van der Waals surface area contributed by atoms with E-state index < -0.39 is 0 Å². The molecule has 1 aromatic heterocycles. The van der Waals surface area contributed by atoms with Crippen LogP contribution in [0.4, 0.5) is 0 Å². The second-order valence-electron chi connectivity index (χ2n) is 4.35. The Balaban J connectivity index is 2.09. The molecule has 1 aromatic carbocycles. The molecule has 0 spiro atoms. The van der Waals surface area contributed by atoms with Crippen LogP contribution in [0.5, 0.6) is 5.75 Å². The highest BCUT2D eigenvalue weighted by Crippen LogP contribution is 2.16. The zero-order valence-corrected chi connectivity index (χ0v) is 12.1. The fourth-order valence-corrected chi connectivity index (χ4v) is 2.03. The summed E-state index contributed by atoms with van der Waals surface area (Å²) in [6, 6.07) is 10.9. The third-order valence-corrected chi connectivity index (χ3v) is 3.22. The summed E-state index contributed by atoms with van der Waals surface area (Å²) in [4.78, 5) is 17.8. The van der Waals surface area contributed by atoms with Gasteiger partial charge in [0, 0.05) is 19.8 Å². The molecule has 0 aliphatic carbocycles. The molecule has 0 N–H and O–H groups in total. The maximum Gasteiger partial charge on any atom is 0.257 e. The lowest BCUT2D eigenvalue weighted by Gasteiger charge is -2.17. The number of benzene rings is 1. The van der Waals surface area contributed by atoms with E-state index in [4.69, 9.17) is 16.3 Å². The van der Waals surface area contributed by atoms with E-state index in [0.717, 1.165) is 11.3 Å². The van der Waals surface area contributed by atoms with E-state index in [1.165, 1.54) is 0 Å². The molecule has 2 rings (SSSR count). The van der Waals surface area contributed by atoms with Crippen molar-refractivity contribution in [3.05, 3.63) is 58.9 Å². The van der Waals surface area contributed by atoms with Crippen LogP contribution in [0, 0.1) is 0 Å². The minimum absolute atomic E-state index is 0.154. The first-order valence-electron chi connectivity index (χ1n) is 6.10. The second-order valence-corrected chi connectivity index (χ2v) is 4.71. The maximum absolute atomic E-state index is 12.3. The molecule has 0 radical (unpaired) electrons. The van der Waals surface area contributed by atoms with Crippen LogP contribution < -0.4 is 4.74 Å². The fraction of sp³-hybridized carbons (Fsp3) is 0.200. The number of carbonyl (C=O) groups is 1. The molecule has 0 unspecified atom stereocenters. The Morgan fingerprint density at radius 1 is 1.30 bits per heavy atom. The number of ether oxygens (including phenoxy) is 1. The van der Waals surface area contributed by atoms with Crippen LogP contribution >= 0.6 is 11.6 Å². The molecule has 0 fully saturated rings. The van der Waals surface area contributed by atoms with Gasteiger partial charge in [-0.2, -0.15) is 0 Å². The fourth-order valence-electron chi connectivity index (χ4n) is 1.83. The number of hydrogen-bond acceptors (Lipinski definition) is 3. The minimum Gasteiger partial charge on any atom is -0.497 e. The van der Waals surface area contributed by atoms with E-state index in [1.54, 1.807) is 37.4 Å². The minimum atomic E-state index is -0.154. The van der Waals surface area contributed by atoms with Gasteiger partial charge < -0.3 is 9.64 Å². The van der Waals surface area contributed by atoms with Crippen molar-refractivity contribution in [1.82, 2.24) is 9.88 Å². The summed E-state index contributed by atoms with van der Waals surface area (Å²) >= 11 is 5.93. The quantitative estimate of drug-likeness (QED) is 0.813. The van der Waals surface area contributed by atoms with Gasteiger partial charge in [0.05, 0.1) is 12.7 Å². The first-order valence-corrected chi connectivity index (χ1v) is 6.48. The van der Waals surface area contributed by atoms with Crippen LogP contribution in [0.25, 0.3) is 0 Å². The number of methoxy groups -OCH3 is 1. The largest absolute Gasteiger partial charge is 0.497 e. The van der Waals surface area contributed by atoms with Crippen LogP contribution in [0.15, 0.2) is 42.6 Å². The average molecular weight is 291 g/mol. The van der Waals surface area contributed by atoms with Crippen molar-refractivity contribution in [2.45, 2.75) is 6.54 Å². The van der Waals surface area contributed by atoms with Crippen LogP contribution in [0.1, 0.15) is 15.9 Å². The first kappa shape index (κ1) is 14.3. The Kier molecular flexibility index (Phi) is 4.58. The molecule has 0 aliphatic rings. The van der Waals surface area contributed by atoms with E-state index in [1.807, 2.05) is 24.3 Å². The number of aromatic nitrogens is 1. The normalized spacial score (nSPS) is 10.2. The Morgan fingerprint density at radius 3 is 2.60 bits per heavy atom. The number of halogens is 1. The summed E-state index contributed by atoms with van der Waals surface area (Å²) in [5.74, 6) is 0.636.